The van der Waals surface area contributed by atoms with Gasteiger partial charge < -0.3 is 19.1 Å². The molecular formula is C45H69NO4. The topological polar surface area (TPSA) is 48.0 Å². The molecule has 2 heterocycles. The molecule has 5 nitrogen and oxygen atoms in total. The molecule has 0 spiro atoms. The molecule has 0 unspecified atom stereocenters. The average molecular weight is 688 g/mol. The van der Waals surface area contributed by atoms with Gasteiger partial charge in [-0.3, -0.25) is 4.79 Å². The van der Waals surface area contributed by atoms with Crippen molar-refractivity contribution in [2.24, 2.45) is 23.2 Å². The molecule has 2 aromatic carbocycles. The van der Waals surface area contributed by atoms with Crippen molar-refractivity contribution in [1.29, 1.82) is 0 Å². The predicted molar refractivity (Wildman–Crippen MR) is 210 cm³/mol. The second-order valence-corrected chi connectivity index (χ2v) is 16.5. The van der Waals surface area contributed by atoms with E-state index in [1.165, 1.54) is 68.1 Å². The number of ether oxygens (including phenoxy) is 3. The molecule has 0 N–H and O–H groups in total. The van der Waals surface area contributed by atoms with Crippen molar-refractivity contribution in [2.45, 2.75) is 151 Å². The standard InChI is InChI=1S/C45H69NO4/c1-11-45(29-30-46(43(45)47)38-21-23-39(48-10)24-22-38)27-15-31-49-41-35(6)36(7)42-40(37(41)8)25-28-44(9,50-42)26-14-20-34(5)19-13-18-33(4)17-12-16-32(2)3/h15,21-24,27,32-34H,11-14,16-20,25-26,28-31H2,1-10H3/b27-15+/t33-,34-,44-,45-/m1/s1. The number of carbonyl (C=O) groups excluding carboxylic acids is 1. The first-order chi connectivity index (χ1) is 23.8. The number of anilines is 1. The Balaban J connectivity index is 1.29. The zero-order valence-corrected chi connectivity index (χ0v) is 33.4. The first-order valence-corrected chi connectivity index (χ1v) is 19.9. The number of benzene rings is 2. The summed E-state index contributed by atoms with van der Waals surface area (Å²) in [6, 6.07) is 7.75. The minimum atomic E-state index is -0.499. The van der Waals surface area contributed by atoms with Gasteiger partial charge in [0.25, 0.3) is 0 Å². The Morgan fingerprint density at radius 1 is 0.880 bits per heavy atom. The molecule has 1 saturated heterocycles. The summed E-state index contributed by atoms with van der Waals surface area (Å²) in [5, 5.41) is 0. The smallest absolute Gasteiger partial charge is 0.237 e. The van der Waals surface area contributed by atoms with E-state index in [2.05, 4.69) is 74.5 Å². The Hall–Kier alpha value is -2.95. The lowest BCUT2D eigenvalue weighted by atomic mass is 9.83. The molecule has 2 aromatic rings. The third-order valence-electron chi connectivity index (χ3n) is 12.1. The van der Waals surface area contributed by atoms with Crippen LogP contribution in [0.2, 0.25) is 0 Å². The van der Waals surface area contributed by atoms with Gasteiger partial charge in [-0.2, -0.15) is 0 Å². The maximum Gasteiger partial charge on any atom is 0.237 e. The fraction of sp³-hybridized carbons (Fsp3) is 0.667. The molecule has 0 aromatic heterocycles. The molecule has 0 bridgehead atoms. The maximum atomic E-state index is 13.6. The lowest BCUT2D eigenvalue weighted by Crippen LogP contribution is -2.37. The maximum absolute atomic E-state index is 13.6. The summed E-state index contributed by atoms with van der Waals surface area (Å²) in [5.41, 5.74) is 5.14. The number of hydrogen-bond acceptors (Lipinski definition) is 4. The first kappa shape index (κ1) is 39.8. The molecule has 5 heteroatoms. The van der Waals surface area contributed by atoms with Gasteiger partial charge in [-0.1, -0.05) is 91.7 Å². The van der Waals surface area contributed by atoms with Crippen LogP contribution in [0.1, 0.15) is 141 Å². The van der Waals surface area contributed by atoms with Crippen LogP contribution in [0.15, 0.2) is 36.4 Å². The van der Waals surface area contributed by atoms with E-state index in [-0.39, 0.29) is 11.5 Å². The monoisotopic (exact) mass is 688 g/mol. The van der Waals surface area contributed by atoms with Crippen molar-refractivity contribution in [1.82, 2.24) is 0 Å². The Kier molecular flexibility index (Phi) is 14.3. The SMILES string of the molecule is CC[C@@]1(/C=C/COc2c(C)c(C)c3c(c2C)CC[C@@](C)(CCC[C@H](C)CCC[C@H](C)CCCC(C)C)O3)CCN(c2ccc(OC)cc2)C1=O. The van der Waals surface area contributed by atoms with Gasteiger partial charge in [0.1, 0.15) is 29.5 Å². The van der Waals surface area contributed by atoms with E-state index in [0.29, 0.717) is 13.2 Å². The number of amides is 1. The second-order valence-electron chi connectivity index (χ2n) is 16.5. The molecule has 0 saturated carbocycles. The summed E-state index contributed by atoms with van der Waals surface area (Å²) in [7, 11) is 1.66. The number of hydrogen-bond donors (Lipinski definition) is 0. The summed E-state index contributed by atoms with van der Waals surface area (Å²) in [6.07, 6.45) is 19.6. The molecule has 2 aliphatic rings. The predicted octanol–water partition coefficient (Wildman–Crippen LogP) is 11.9. The van der Waals surface area contributed by atoms with E-state index in [9.17, 15) is 4.79 Å². The van der Waals surface area contributed by atoms with Crippen molar-refractivity contribution < 1.29 is 19.0 Å². The number of fused-ring (bicyclic) bond motifs is 1. The zero-order valence-electron chi connectivity index (χ0n) is 33.4. The molecule has 2 aliphatic heterocycles. The third-order valence-corrected chi connectivity index (χ3v) is 12.1. The molecule has 0 radical (unpaired) electrons. The number of nitrogens with zero attached hydrogens (tertiary/aromatic N) is 1. The highest BCUT2D eigenvalue weighted by atomic mass is 16.5. The molecule has 4 atom stereocenters. The van der Waals surface area contributed by atoms with Crippen LogP contribution in [-0.2, 0) is 11.2 Å². The summed E-state index contributed by atoms with van der Waals surface area (Å²) in [6.45, 7) is 21.7. The number of rotatable bonds is 19. The summed E-state index contributed by atoms with van der Waals surface area (Å²) >= 11 is 0. The van der Waals surface area contributed by atoms with E-state index in [1.54, 1.807) is 7.11 Å². The minimum Gasteiger partial charge on any atom is -0.497 e. The highest BCUT2D eigenvalue weighted by molar-refractivity contribution is 6.01. The van der Waals surface area contributed by atoms with Crippen molar-refractivity contribution in [3.05, 3.63) is 58.7 Å². The quantitative estimate of drug-likeness (QED) is 0.138. The van der Waals surface area contributed by atoms with Gasteiger partial charge >= 0.3 is 0 Å². The molecule has 1 fully saturated rings. The zero-order chi connectivity index (χ0) is 36.5. The van der Waals surface area contributed by atoms with Crippen LogP contribution < -0.4 is 19.1 Å². The largest absolute Gasteiger partial charge is 0.497 e. The van der Waals surface area contributed by atoms with E-state index in [4.69, 9.17) is 14.2 Å². The van der Waals surface area contributed by atoms with E-state index < -0.39 is 5.41 Å². The van der Waals surface area contributed by atoms with E-state index in [0.717, 1.165) is 78.4 Å². The van der Waals surface area contributed by atoms with Crippen LogP contribution in [0.3, 0.4) is 0 Å². The summed E-state index contributed by atoms with van der Waals surface area (Å²) < 4.78 is 18.7. The van der Waals surface area contributed by atoms with Crippen molar-refractivity contribution in [3.63, 3.8) is 0 Å². The normalized spacial score (nSPS) is 21.8. The van der Waals surface area contributed by atoms with Gasteiger partial charge in [-0.05, 0) is 125 Å². The third kappa shape index (κ3) is 9.88. The van der Waals surface area contributed by atoms with Crippen molar-refractivity contribution >= 4 is 11.6 Å². The first-order valence-electron chi connectivity index (χ1n) is 19.9. The molecule has 4 rings (SSSR count). The lowest BCUT2D eigenvalue weighted by Gasteiger charge is -2.38. The van der Waals surface area contributed by atoms with Crippen LogP contribution in [0.5, 0.6) is 17.2 Å². The van der Waals surface area contributed by atoms with E-state index >= 15 is 0 Å². The number of carbonyl (C=O) groups is 1. The summed E-state index contributed by atoms with van der Waals surface area (Å²) in [4.78, 5) is 15.5. The molecule has 50 heavy (non-hydrogen) atoms. The van der Waals surface area contributed by atoms with Gasteiger partial charge in [0.05, 0.1) is 12.5 Å². The second kappa shape index (κ2) is 18.0. The van der Waals surface area contributed by atoms with Crippen molar-refractivity contribution in [3.8, 4) is 17.2 Å². The lowest BCUT2D eigenvalue weighted by molar-refractivity contribution is -0.123. The van der Waals surface area contributed by atoms with Crippen molar-refractivity contribution in [2.75, 3.05) is 25.2 Å². The Morgan fingerprint density at radius 3 is 2.14 bits per heavy atom. The Bertz CT molecular complexity index is 1430. The van der Waals surface area contributed by atoms with Crippen LogP contribution >= 0.6 is 0 Å². The van der Waals surface area contributed by atoms with Gasteiger partial charge in [-0.15, -0.1) is 0 Å². The highest BCUT2D eigenvalue weighted by Crippen LogP contribution is 2.45. The van der Waals surface area contributed by atoms with Crippen LogP contribution in [0, 0.1) is 43.9 Å². The number of methoxy groups -OCH3 is 1. The van der Waals surface area contributed by atoms with Gasteiger partial charge in [-0.25, -0.2) is 0 Å². The summed E-state index contributed by atoms with van der Waals surface area (Å²) in [5.74, 6) is 5.47. The average Bonchev–Trinajstić information content (AvgIpc) is 3.42. The Labute approximate surface area is 305 Å². The molecule has 1 amide bonds. The molecule has 0 aliphatic carbocycles. The van der Waals surface area contributed by atoms with Crippen LogP contribution in [0.25, 0.3) is 0 Å². The minimum absolute atomic E-state index is 0.117. The fourth-order valence-electron chi connectivity index (χ4n) is 8.28. The fourth-order valence-corrected chi connectivity index (χ4v) is 8.28. The van der Waals surface area contributed by atoms with Gasteiger partial charge in [0.2, 0.25) is 5.91 Å². The van der Waals surface area contributed by atoms with Crippen LogP contribution in [-0.4, -0.2) is 31.8 Å². The highest BCUT2D eigenvalue weighted by Gasteiger charge is 2.43. The van der Waals surface area contributed by atoms with Crippen LogP contribution in [0.4, 0.5) is 5.69 Å². The molecule has 278 valence electrons. The molecular weight excluding hydrogens is 618 g/mol. The van der Waals surface area contributed by atoms with Gasteiger partial charge in [0, 0.05) is 17.8 Å². The Morgan fingerprint density at radius 2 is 1.52 bits per heavy atom. The van der Waals surface area contributed by atoms with E-state index in [1.807, 2.05) is 29.2 Å². The van der Waals surface area contributed by atoms with Gasteiger partial charge in [0.15, 0.2) is 0 Å².